The molecule has 1 amide bonds. The summed E-state index contributed by atoms with van der Waals surface area (Å²) < 4.78 is 0. The second-order valence-electron chi connectivity index (χ2n) is 6.14. The molecule has 0 saturated heterocycles. The molecule has 2 aromatic rings. The number of amides is 1. The highest BCUT2D eigenvalue weighted by Gasteiger charge is 2.27. The van der Waals surface area contributed by atoms with Crippen LogP contribution in [0.4, 0.5) is 0 Å². The average molecular weight is 311 g/mol. The predicted molar refractivity (Wildman–Crippen MR) is 92.9 cm³/mol. The second kappa shape index (κ2) is 7.93. The number of nitrogens with zero attached hydrogens (tertiary/aromatic N) is 1. The Kier molecular flexibility index (Phi) is 5.94. The molecule has 23 heavy (non-hydrogen) atoms. The third-order valence-electron chi connectivity index (χ3n) is 4.36. The number of likely N-dealkylation sites (N-methyl/N-ethyl adjacent to an activating group) is 1. The Morgan fingerprint density at radius 1 is 1.00 bits per heavy atom. The normalized spacial score (nSPS) is 14.8. The maximum Gasteiger partial charge on any atom is 0.225 e. The van der Waals surface area contributed by atoms with Crippen molar-refractivity contribution >= 4 is 5.91 Å². The highest BCUT2D eigenvalue weighted by Crippen LogP contribution is 2.21. The molecule has 0 aliphatic rings. The van der Waals surface area contributed by atoms with Crippen LogP contribution in [-0.4, -0.2) is 29.0 Å². The van der Waals surface area contributed by atoms with Crippen LogP contribution < -0.4 is 0 Å². The van der Waals surface area contributed by atoms with Gasteiger partial charge in [0, 0.05) is 13.0 Å². The molecule has 0 aromatic heterocycles. The molecule has 2 rings (SSSR count). The van der Waals surface area contributed by atoms with E-state index in [9.17, 15) is 9.90 Å². The predicted octanol–water partition coefficient (Wildman–Crippen LogP) is 3.45. The smallest absolute Gasteiger partial charge is 0.225 e. The van der Waals surface area contributed by atoms with Crippen molar-refractivity contribution < 1.29 is 9.90 Å². The summed E-state index contributed by atoms with van der Waals surface area (Å²) in [7, 11) is 1.76. The largest absolute Gasteiger partial charge is 0.386 e. The lowest BCUT2D eigenvalue weighted by molar-refractivity contribution is -0.137. The van der Waals surface area contributed by atoms with Gasteiger partial charge in [-0.15, -0.1) is 0 Å². The van der Waals surface area contributed by atoms with Gasteiger partial charge in [-0.25, -0.2) is 0 Å². The molecule has 3 atom stereocenters. The summed E-state index contributed by atoms with van der Waals surface area (Å²) >= 11 is 0. The maximum atomic E-state index is 12.6. The molecule has 0 unspecified atom stereocenters. The van der Waals surface area contributed by atoms with Crippen LogP contribution in [0.3, 0.4) is 0 Å². The molecule has 0 aliphatic heterocycles. The van der Waals surface area contributed by atoms with Gasteiger partial charge >= 0.3 is 0 Å². The first-order valence-electron chi connectivity index (χ1n) is 8.04. The molecule has 0 bridgehead atoms. The fourth-order valence-corrected chi connectivity index (χ4v) is 2.74. The average Bonchev–Trinajstić information content (AvgIpc) is 2.60. The standard InChI is InChI=1S/C20H25NO2/c1-15(14-17-10-6-4-7-11-17)20(23)21(3)16(2)19(22)18-12-8-5-9-13-18/h4-13,15-16,19,22H,14H2,1-3H3/t15-,16+,19-/m1/s1. The van der Waals surface area contributed by atoms with Gasteiger partial charge in [0.2, 0.25) is 5.91 Å². The highest BCUT2D eigenvalue weighted by molar-refractivity contribution is 5.79. The molecule has 2 aromatic carbocycles. The Balaban J connectivity index is 2.00. The van der Waals surface area contributed by atoms with Crippen molar-refractivity contribution in [3.05, 3.63) is 71.8 Å². The number of aliphatic hydroxyl groups is 1. The van der Waals surface area contributed by atoms with Crippen molar-refractivity contribution in [2.45, 2.75) is 32.4 Å². The summed E-state index contributed by atoms with van der Waals surface area (Å²) in [5, 5.41) is 10.5. The summed E-state index contributed by atoms with van der Waals surface area (Å²) in [5.74, 6) is -0.0656. The van der Waals surface area contributed by atoms with E-state index < -0.39 is 6.10 Å². The fraction of sp³-hybridized carbons (Fsp3) is 0.350. The van der Waals surface area contributed by atoms with E-state index in [0.29, 0.717) is 6.42 Å². The first-order valence-corrected chi connectivity index (χ1v) is 8.04. The molecule has 0 radical (unpaired) electrons. The van der Waals surface area contributed by atoms with Gasteiger partial charge < -0.3 is 10.0 Å². The fourth-order valence-electron chi connectivity index (χ4n) is 2.74. The zero-order valence-electron chi connectivity index (χ0n) is 14.0. The van der Waals surface area contributed by atoms with Gasteiger partial charge in [-0.1, -0.05) is 67.6 Å². The van der Waals surface area contributed by atoms with Gasteiger partial charge in [-0.3, -0.25) is 4.79 Å². The molecule has 0 aliphatic carbocycles. The quantitative estimate of drug-likeness (QED) is 0.887. The summed E-state index contributed by atoms with van der Waals surface area (Å²) in [6, 6.07) is 19.2. The minimum atomic E-state index is -0.686. The molecule has 0 fully saturated rings. The number of carbonyl (C=O) groups is 1. The molecular weight excluding hydrogens is 286 g/mol. The van der Waals surface area contributed by atoms with Crippen LogP contribution in [0.5, 0.6) is 0 Å². The summed E-state index contributed by atoms with van der Waals surface area (Å²) in [5.41, 5.74) is 1.98. The van der Waals surface area contributed by atoms with Crippen LogP contribution in [0.25, 0.3) is 0 Å². The number of hydrogen-bond donors (Lipinski definition) is 1. The van der Waals surface area contributed by atoms with Crippen LogP contribution in [0, 0.1) is 5.92 Å². The molecule has 1 N–H and O–H groups in total. The van der Waals surface area contributed by atoms with Gasteiger partial charge in [0.25, 0.3) is 0 Å². The van der Waals surface area contributed by atoms with Crippen LogP contribution in [0.2, 0.25) is 0 Å². The van der Waals surface area contributed by atoms with E-state index in [1.807, 2.05) is 74.5 Å². The SMILES string of the molecule is C[C@H](Cc1ccccc1)C(=O)N(C)[C@@H](C)[C@@H](O)c1ccccc1. The Morgan fingerprint density at radius 2 is 1.52 bits per heavy atom. The number of benzene rings is 2. The van der Waals surface area contributed by atoms with E-state index in [2.05, 4.69) is 0 Å². The zero-order chi connectivity index (χ0) is 16.8. The van der Waals surface area contributed by atoms with Crippen molar-refractivity contribution in [1.82, 2.24) is 4.90 Å². The van der Waals surface area contributed by atoms with Crippen LogP contribution in [0.15, 0.2) is 60.7 Å². The van der Waals surface area contributed by atoms with E-state index in [1.54, 1.807) is 11.9 Å². The third kappa shape index (κ3) is 4.42. The van der Waals surface area contributed by atoms with E-state index in [-0.39, 0.29) is 17.9 Å². The van der Waals surface area contributed by atoms with Crippen molar-refractivity contribution in [1.29, 1.82) is 0 Å². The van der Waals surface area contributed by atoms with Gasteiger partial charge in [-0.05, 0) is 24.5 Å². The maximum absolute atomic E-state index is 12.6. The van der Waals surface area contributed by atoms with Crippen molar-refractivity contribution in [3.8, 4) is 0 Å². The molecule has 0 heterocycles. The molecule has 0 saturated carbocycles. The first-order chi connectivity index (χ1) is 11.0. The lowest BCUT2D eigenvalue weighted by Gasteiger charge is -2.31. The topological polar surface area (TPSA) is 40.5 Å². The van der Waals surface area contributed by atoms with Crippen molar-refractivity contribution in [2.24, 2.45) is 5.92 Å². The first kappa shape index (κ1) is 17.2. The lowest BCUT2D eigenvalue weighted by Crippen LogP contribution is -2.42. The van der Waals surface area contributed by atoms with Crippen molar-refractivity contribution in [2.75, 3.05) is 7.05 Å². The molecule has 3 nitrogen and oxygen atoms in total. The molecule has 3 heteroatoms. The minimum absolute atomic E-state index is 0.0522. The number of rotatable bonds is 6. The molecule has 0 spiro atoms. The summed E-state index contributed by atoms with van der Waals surface area (Å²) in [6.45, 7) is 3.82. The van der Waals surface area contributed by atoms with E-state index in [0.717, 1.165) is 11.1 Å². The van der Waals surface area contributed by atoms with E-state index in [1.165, 1.54) is 0 Å². The number of carbonyl (C=O) groups excluding carboxylic acids is 1. The zero-order valence-corrected chi connectivity index (χ0v) is 14.0. The van der Waals surface area contributed by atoms with E-state index in [4.69, 9.17) is 0 Å². The van der Waals surface area contributed by atoms with Crippen LogP contribution in [0.1, 0.15) is 31.1 Å². The van der Waals surface area contributed by atoms with Gasteiger partial charge in [0.05, 0.1) is 12.1 Å². The molecule has 122 valence electrons. The Hall–Kier alpha value is -2.13. The Labute approximate surface area is 138 Å². The van der Waals surface area contributed by atoms with Gasteiger partial charge in [0.1, 0.15) is 0 Å². The second-order valence-corrected chi connectivity index (χ2v) is 6.14. The Bertz CT molecular complexity index is 612. The van der Waals surface area contributed by atoms with Gasteiger partial charge in [-0.2, -0.15) is 0 Å². The summed E-state index contributed by atoms with van der Waals surface area (Å²) in [4.78, 5) is 14.3. The monoisotopic (exact) mass is 311 g/mol. The highest BCUT2D eigenvalue weighted by atomic mass is 16.3. The van der Waals surface area contributed by atoms with Crippen molar-refractivity contribution in [3.63, 3.8) is 0 Å². The van der Waals surface area contributed by atoms with E-state index >= 15 is 0 Å². The van der Waals surface area contributed by atoms with Crippen LogP contribution in [-0.2, 0) is 11.2 Å². The Morgan fingerprint density at radius 3 is 2.09 bits per heavy atom. The van der Waals surface area contributed by atoms with Crippen LogP contribution >= 0.6 is 0 Å². The lowest BCUT2D eigenvalue weighted by atomic mass is 9.97. The minimum Gasteiger partial charge on any atom is -0.386 e. The number of hydrogen-bond acceptors (Lipinski definition) is 2. The third-order valence-corrected chi connectivity index (χ3v) is 4.36. The van der Waals surface area contributed by atoms with Gasteiger partial charge in [0.15, 0.2) is 0 Å². The number of aliphatic hydroxyl groups excluding tert-OH is 1. The summed E-state index contributed by atoms with van der Waals surface area (Å²) in [6.07, 6.45) is 0.0205. The molecular formula is C20H25NO2.